The molecule has 6 heavy (non-hydrogen) atoms. The quantitative estimate of drug-likeness (QED) is 0.365. The van der Waals surface area contributed by atoms with E-state index in [1.807, 2.05) is 6.92 Å². The summed E-state index contributed by atoms with van der Waals surface area (Å²) in [5.41, 5.74) is 0. The second kappa shape index (κ2) is 42.4. The normalized spacial score (nSPS) is 2.17. The van der Waals surface area contributed by atoms with Crippen molar-refractivity contribution in [1.29, 1.82) is 0 Å². The van der Waals surface area contributed by atoms with Gasteiger partial charge >= 0.3 is 0 Å². The topological polar surface area (TPSA) is 0 Å². The van der Waals surface area contributed by atoms with Gasteiger partial charge in [0.05, 0.1) is 0 Å². The minimum atomic E-state index is 0. The Balaban J connectivity index is -0.00000000667. The highest BCUT2D eigenvalue weighted by Crippen LogP contribution is 1.38. The summed E-state index contributed by atoms with van der Waals surface area (Å²) in [6.45, 7) is 5.25. The van der Waals surface area contributed by atoms with Crippen LogP contribution in [-0.4, -0.2) is 0 Å². The first-order valence-corrected chi connectivity index (χ1v) is 0.986. The molecule has 0 heterocycles. The predicted molar refractivity (Wildman–Crippen MR) is 41.5 cm³/mol. The van der Waals surface area contributed by atoms with Crippen molar-refractivity contribution in [2.24, 2.45) is 0 Å². The summed E-state index contributed by atoms with van der Waals surface area (Å²) in [6, 6.07) is 0. The highest BCUT2D eigenvalue weighted by molar-refractivity contribution is 6.92. The second-order valence-corrected chi connectivity index (χ2v) is 0.408. The lowest BCUT2D eigenvalue weighted by Crippen LogP contribution is -1.07. The lowest BCUT2D eigenvalue weighted by molar-refractivity contribution is 1.80. The Bertz CT molecular complexity index is 16.3. The van der Waals surface area contributed by atoms with Crippen LogP contribution in [0.4, 0.5) is 0 Å². The van der Waals surface area contributed by atoms with Gasteiger partial charge in [0.1, 0.15) is 0 Å². The van der Waals surface area contributed by atoms with Crippen molar-refractivity contribution in [3.05, 3.63) is 12.7 Å². The van der Waals surface area contributed by atoms with Gasteiger partial charge in [0.25, 0.3) is 0 Å². The maximum atomic E-state index is 3.36. The first kappa shape index (κ1) is 29.5. The van der Waals surface area contributed by atoms with E-state index in [2.05, 4.69) is 6.58 Å². The zero-order valence-electron chi connectivity index (χ0n) is 3.81. The lowest BCUT2D eigenvalue weighted by atomic mass is 10.8. The highest BCUT2D eigenvalue weighted by Gasteiger charge is 1.15. The maximum absolute atomic E-state index is 3.36. The van der Waals surface area contributed by atoms with Crippen molar-refractivity contribution < 1.29 is 0 Å². The predicted octanol–water partition coefficient (Wildman–Crippen LogP) is 2.09. The van der Waals surface area contributed by atoms with E-state index in [1.54, 1.807) is 6.08 Å². The average Bonchev–Trinajstić information content (AvgIpc) is 0.918. The van der Waals surface area contributed by atoms with E-state index in [1.165, 1.54) is 0 Å². The van der Waals surface area contributed by atoms with Crippen LogP contribution in [0.15, 0.2) is 12.7 Å². The van der Waals surface area contributed by atoms with Crippen molar-refractivity contribution >= 4 is 34.7 Å². The van der Waals surface area contributed by atoms with Gasteiger partial charge in [0.15, 0.2) is 0 Å². The highest BCUT2D eigenvalue weighted by atomic mass is 35.5. The lowest BCUT2D eigenvalue weighted by Gasteiger charge is -1.31. The van der Waals surface area contributed by atoms with Crippen LogP contribution in [0.5, 0.6) is 0 Å². The van der Waals surface area contributed by atoms with E-state index in [0.717, 1.165) is 0 Å². The third-order valence-corrected chi connectivity index (χ3v) is 0. The van der Waals surface area contributed by atoms with Crippen molar-refractivity contribution in [3.63, 3.8) is 0 Å². The van der Waals surface area contributed by atoms with Crippen LogP contribution >= 0.6 is 34.7 Å². The van der Waals surface area contributed by atoms with Crippen LogP contribution in [-0.2, 0) is 0 Å². The van der Waals surface area contributed by atoms with E-state index in [0.29, 0.717) is 0 Å². The third kappa shape index (κ3) is 119. The average molecular weight is 149 g/mol. The van der Waals surface area contributed by atoms with E-state index < -0.39 is 0 Å². The molecule has 0 nitrogen and oxygen atoms in total. The molecule has 0 rings (SSSR count). The molecule has 0 aliphatic heterocycles. The maximum Gasteiger partial charge on any atom is -0.0473 e. The molecule has 0 aliphatic carbocycles. The van der Waals surface area contributed by atoms with Gasteiger partial charge in [-0.15, -0.1) is 31.4 Å². The summed E-state index contributed by atoms with van der Waals surface area (Å²) in [7, 11) is 0. The molecule has 0 bridgehead atoms. The summed E-state index contributed by atoms with van der Waals surface area (Å²) >= 11 is 0. The van der Waals surface area contributed by atoms with Gasteiger partial charge in [0.2, 0.25) is 0 Å². The van der Waals surface area contributed by atoms with Gasteiger partial charge in [-0.3, -0.25) is 0 Å². The van der Waals surface area contributed by atoms with Crippen molar-refractivity contribution in [3.8, 4) is 0 Å². The summed E-state index contributed by atoms with van der Waals surface area (Å²) < 4.78 is 0. The molecule has 0 saturated carbocycles. The van der Waals surface area contributed by atoms with Gasteiger partial charge in [-0.05, 0) is 6.92 Å². The fourth-order valence-corrected chi connectivity index (χ4v) is 0. The minimum Gasteiger partial charge on any atom is -0.153 e. The second-order valence-electron chi connectivity index (χ2n) is 0.408. The molecule has 0 radical (unpaired) electrons. The zero-order valence-corrected chi connectivity index (χ0v) is 6.86. The van der Waals surface area contributed by atoms with Crippen molar-refractivity contribution in [2.45, 2.75) is 6.92 Å². The van der Waals surface area contributed by atoms with Crippen LogP contribution in [0.1, 0.15) is 6.92 Å². The fraction of sp³-hybridized carbons (Fsp3) is 0.333. The number of hydrogen-bond acceptors (Lipinski definition) is 0. The Labute approximate surface area is 54.8 Å². The molecule has 1 unspecified atom stereocenters. The molecule has 0 N–H and O–H groups in total. The van der Waals surface area contributed by atoms with Crippen LogP contribution in [0, 0.1) is 0 Å². The molecule has 0 saturated heterocycles. The van der Waals surface area contributed by atoms with Crippen molar-refractivity contribution in [1.82, 2.24) is 0 Å². The SMILES string of the molecule is C=CC.Cl.Cl.P. The Morgan fingerprint density at radius 1 is 1.33 bits per heavy atom. The van der Waals surface area contributed by atoms with Gasteiger partial charge < -0.3 is 0 Å². The summed E-state index contributed by atoms with van der Waals surface area (Å²) in [5.74, 6) is 0. The number of hydrogen-bond donors (Lipinski definition) is 0. The zero-order chi connectivity index (χ0) is 2.71. The Morgan fingerprint density at radius 2 is 1.33 bits per heavy atom. The number of allylic oxidation sites excluding steroid dienone is 1. The molecule has 0 aliphatic rings. The summed E-state index contributed by atoms with van der Waals surface area (Å²) in [6.07, 6.45) is 1.75. The molecular formula is C3H11Cl2P. The largest absolute Gasteiger partial charge is 0.153 e. The summed E-state index contributed by atoms with van der Waals surface area (Å²) in [5, 5.41) is 0. The van der Waals surface area contributed by atoms with Gasteiger partial charge in [-0.2, -0.15) is 9.90 Å². The number of rotatable bonds is 0. The van der Waals surface area contributed by atoms with E-state index in [4.69, 9.17) is 0 Å². The standard InChI is InChI=1S/C3H6.2ClH.H3P/c1-3-2;;;/h3H,1H2,2H3;2*1H;1H3. The molecule has 0 aromatic carbocycles. The van der Waals surface area contributed by atoms with Gasteiger partial charge in [-0.25, -0.2) is 0 Å². The van der Waals surface area contributed by atoms with E-state index in [9.17, 15) is 0 Å². The smallest absolute Gasteiger partial charge is 0.0473 e. The summed E-state index contributed by atoms with van der Waals surface area (Å²) in [4.78, 5) is 0. The minimum absolute atomic E-state index is 0. The van der Waals surface area contributed by atoms with Gasteiger partial charge in [0, 0.05) is 0 Å². The molecule has 0 amide bonds. The monoisotopic (exact) mass is 148 g/mol. The molecule has 0 aromatic rings. The molecular weight excluding hydrogens is 138 g/mol. The van der Waals surface area contributed by atoms with E-state index in [-0.39, 0.29) is 34.7 Å². The van der Waals surface area contributed by atoms with E-state index >= 15 is 0 Å². The Hall–Kier alpha value is 0.750. The Morgan fingerprint density at radius 3 is 1.33 bits per heavy atom. The third-order valence-electron chi connectivity index (χ3n) is 0. The van der Waals surface area contributed by atoms with Crippen LogP contribution in [0.2, 0.25) is 0 Å². The van der Waals surface area contributed by atoms with Crippen LogP contribution in [0.25, 0.3) is 0 Å². The molecule has 42 valence electrons. The molecule has 0 aromatic heterocycles. The molecule has 0 spiro atoms. The van der Waals surface area contributed by atoms with Gasteiger partial charge in [-0.1, -0.05) is 6.08 Å². The molecule has 3 heteroatoms. The van der Waals surface area contributed by atoms with Crippen molar-refractivity contribution in [2.75, 3.05) is 0 Å². The molecule has 0 fully saturated rings. The van der Waals surface area contributed by atoms with Crippen LogP contribution in [0.3, 0.4) is 0 Å². The first-order valence-electron chi connectivity index (χ1n) is 0.986. The first-order chi connectivity index (χ1) is 1.41. The van der Waals surface area contributed by atoms with Crippen LogP contribution < -0.4 is 0 Å². The fourth-order valence-electron chi connectivity index (χ4n) is 0. The molecule has 1 atom stereocenters. The Kier molecular flexibility index (Phi) is 208. The number of halogens is 2.